The summed E-state index contributed by atoms with van der Waals surface area (Å²) in [6.45, 7) is 4.36. The molecule has 5 heteroatoms. The van der Waals surface area contributed by atoms with Crippen molar-refractivity contribution in [3.63, 3.8) is 0 Å². The Kier molecular flexibility index (Phi) is 3.85. The number of hydrogen-bond acceptors (Lipinski definition) is 5. The van der Waals surface area contributed by atoms with Crippen molar-refractivity contribution in [1.29, 1.82) is 0 Å². The monoisotopic (exact) mass is 303 g/mol. The van der Waals surface area contributed by atoms with Crippen molar-refractivity contribution in [2.45, 2.75) is 44.6 Å². The number of nitrogens with one attached hydrogen (secondary N) is 1. The number of nitrogens with zero attached hydrogens (tertiary/aromatic N) is 2. The Morgan fingerprint density at radius 1 is 1.33 bits per heavy atom. The van der Waals surface area contributed by atoms with Crippen molar-refractivity contribution in [2.75, 3.05) is 12.4 Å². The average molecular weight is 303 g/mol. The average Bonchev–Trinajstić information content (AvgIpc) is 3.20. The lowest BCUT2D eigenvalue weighted by atomic mass is 9.94. The number of methoxy groups -OCH3 is 1. The Hall–Kier alpha value is -1.62. The topological polar surface area (TPSA) is 47.0 Å². The van der Waals surface area contributed by atoms with E-state index in [-0.39, 0.29) is 5.54 Å². The fourth-order valence-corrected chi connectivity index (χ4v) is 3.28. The van der Waals surface area contributed by atoms with Crippen LogP contribution in [0.15, 0.2) is 24.3 Å². The summed E-state index contributed by atoms with van der Waals surface area (Å²) in [5.74, 6) is 2.55. The molecule has 0 aliphatic heterocycles. The Labute approximate surface area is 129 Å². The molecule has 1 aromatic heterocycles. The van der Waals surface area contributed by atoms with Gasteiger partial charge in [-0.1, -0.05) is 18.2 Å². The third kappa shape index (κ3) is 3.53. The number of benzene rings is 1. The van der Waals surface area contributed by atoms with E-state index in [0.717, 1.165) is 23.1 Å². The van der Waals surface area contributed by atoms with Gasteiger partial charge in [-0.05, 0) is 44.7 Å². The molecule has 0 unspecified atom stereocenters. The molecule has 1 fully saturated rings. The van der Waals surface area contributed by atoms with E-state index in [1.807, 2.05) is 18.2 Å². The summed E-state index contributed by atoms with van der Waals surface area (Å²) in [6.07, 6.45) is 3.34. The molecule has 0 atom stereocenters. The predicted molar refractivity (Wildman–Crippen MR) is 86.3 cm³/mol. The molecule has 1 N–H and O–H groups in total. The van der Waals surface area contributed by atoms with Crippen LogP contribution >= 0.6 is 11.5 Å². The summed E-state index contributed by atoms with van der Waals surface area (Å²) in [7, 11) is 1.71. The second-order valence-electron chi connectivity index (χ2n) is 6.23. The quantitative estimate of drug-likeness (QED) is 0.880. The maximum atomic E-state index is 5.43. The van der Waals surface area contributed by atoms with Crippen LogP contribution in [0.5, 0.6) is 5.75 Å². The lowest BCUT2D eigenvalue weighted by Crippen LogP contribution is -2.33. The minimum absolute atomic E-state index is 0.102. The largest absolute Gasteiger partial charge is 0.496 e. The van der Waals surface area contributed by atoms with E-state index in [4.69, 9.17) is 4.74 Å². The van der Waals surface area contributed by atoms with Crippen molar-refractivity contribution in [2.24, 2.45) is 0 Å². The second kappa shape index (κ2) is 5.64. The molecule has 1 aliphatic rings. The standard InChI is InChI=1S/C16H21N3OS/c1-16(2,10-12-6-4-5-7-13(12)20-3)18-15-17-14(19-21-15)11-8-9-11/h4-7,11H,8-10H2,1-3H3,(H,17,18,19). The summed E-state index contributed by atoms with van der Waals surface area (Å²) in [5.41, 5.74) is 1.10. The van der Waals surface area contributed by atoms with Crippen LogP contribution in [0.1, 0.15) is 44.0 Å². The van der Waals surface area contributed by atoms with E-state index < -0.39 is 0 Å². The van der Waals surface area contributed by atoms with E-state index in [1.165, 1.54) is 29.9 Å². The molecular weight excluding hydrogens is 282 g/mol. The molecule has 3 rings (SSSR count). The highest BCUT2D eigenvalue weighted by atomic mass is 32.1. The molecule has 1 aliphatic carbocycles. The molecule has 0 spiro atoms. The number of aromatic nitrogens is 2. The number of ether oxygens (including phenoxy) is 1. The van der Waals surface area contributed by atoms with Gasteiger partial charge in [-0.3, -0.25) is 0 Å². The van der Waals surface area contributed by atoms with Crippen molar-refractivity contribution >= 4 is 16.7 Å². The zero-order valence-electron chi connectivity index (χ0n) is 12.7. The van der Waals surface area contributed by atoms with Gasteiger partial charge >= 0.3 is 0 Å². The molecule has 1 saturated carbocycles. The fraction of sp³-hybridized carbons (Fsp3) is 0.500. The summed E-state index contributed by atoms with van der Waals surface area (Å²) in [5, 5.41) is 4.42. The van der Waals surface area contributed by atoms with Crippen LogP contribution in [0, 0.1) is 0 Å². The number of hydrogen-bond donors (Lipinski definition) is 1. The lowest BCUT2D eigenvalue weighted by Gasteiger charge is -2.26. The molecule has 0 saturated heterocycles. The smallest absolute Gasteiger partial charge is 0.203 e. The first-order valence-corrected chi connectivity index (χ1v) is 8.08. The Morgan fingerprint density at radius 2 is 2.10 bits per heavy atom. The lowest BCUT2D eigenvalue weighted by molar-refractivity contribution is 0.405. The molecular formula is C16H21N3OS. The molecule has 2 aromatic rings. The van der Waals surface area contributed by atoms with Crippen LogP contribution in [-0.4, -0.2) is 22.0 Å². The van der Waals surface area contributed by atoms with Gasteiger partial charge in [-0.15, -0.1) is 0 Å². The van der Waals surface area contributed by atoms with Crippen LogP contribution < -0.4 is 10.1 Å². The van der Waals surface area contributed by atoms with Crippen LogP contribution in [0.25, 0.3) is 0 Å². The Balaban J connectivity index is 1.70. The van der Waals surface area contributed by atoms with Gasteiger partial charge in [0.25, 0.3) is 0 Å². The zero-order chi connectivity index (χ0) is 14.9. The molecule has 0 amide bonds. The first kappa shape index (κ1) is 14.3. The summed E-state index contributed by atoms with van der Waals surface area (Å²) in [6, 6.07) is 8.15. The van der Waals surface area contributed by atoms with Crippen LogP contribution in [0.2, 0.25) is 0 Å². The molecule has 112 valence electrons. The van der Waals surface area contributed by atoms with E-state index in [9.17, 15) is 0 Å². The SMILES string of the molecule is COc1ccccc1CC(C)(C)Nc1nc(C2CC2)ns1. The van der Waals surface area contributed by atoms with E-state index in [2.05, 4.69) is 34.6 Å². The molecule has 0 radical (unpaired) electrons. The summed E-state index contributed by atoms with van der Waals surface area (Å²) in [4.78, 5) is 4.61. The minimum Gasteiger partial charge on any atom is -0.496 e. The van der Waals surface area contributed by atoms with Crippen LogP contribution in [-0.2, 0) is 6.42 Å². The third-order valence-corrected chi connectivity index (χ3v) is 4.30. The van der Waals surface area contributed by atoms with Crippen molar-refractivity contribution < 1.29 is 4.74 Å². The highest BCUT2D eigenvalue weighted by Crippen LogP contribution is 2.39. The molecule has 4 nitrogen and oxygen atoms in total. The zero-order valence-corrected chi connectivity index (χ0v) is 13.5. The maximum absolute atomic E-state index is 5.43. The fourth-order valence-electron chi connectivity index (χ4n) is 2.45. The van der Waals surface area contributed by atoms with Gasteiger partial charge in [0.15, 0.2) is 0 Å². The third-order valence-electron chi connectivity index (χ3n) is 3.65. The molecule has 1 heterocycles. The summed E-state index contributed by atoms with van der Waals surface area (Å²) < 4.78 is 9.88. The first-order chi connectivity index (χ1) is 10.1. The van der Waals surface area contributed by atoms with Crippen molar-refractivity contribution in [1.82, 2.24) is 9.36 Å². The van der Waals surface area contributed by atoms with Gasteiger partial charge in [0.1, 0.15) is 11.6 Å². The first-order valence-electron chi connectivity index (χ1n) is 7.31. The maximum Gasteiger partial charge on any atom is 0.203 e. The van der Waals surface area contributed by atoms with E-state index >= 15 is 0 Å². The highest BCUT2D eigenvalue weighted by molar-refractivity contribution is 7.09. The highest BCUT2D eigenvalue weighted by Gasteiger charge is 2.29. The molecule has 0 bridgehead atoms. The normalized spacial score (nSPS) is 15.0. The number of rotatable bonds is 6. The van der Waals surface area contributed by atoms with Gasteiger partial charge in [0.2, 0.25) is 5.13 Å². The molecule has 1 aromatic carbocycles. The second-order valence-corrected chi connectivity index (χ2v) is 6.98. The van der Waals surface area contributed by atoms with Gasteiger partial charge < -0.3 is 10.1 Å². The Morgan fingerprint density at radius 3 is 2.81 bits per heavy atom. The van der Waals surface area contributed by atoms with Gasteiger partial charge in [0.05, 0.1) is 7.11 Å². The van der Waals surface area contributed by atoms with Crippen molar-refractivity contribution in [3.8, 4) is 5.75 Å². The van der Waals surface area contributed by atoms with Crippen molar-refractivity contribution in [3.05, 3.63) is 35.7 Å². The predicted octanol–water partition coefficient (Wildman–Crippen LogP) is 3.86. The van der Waals surface area contributed by atoms with Gasteiger partial charge in [-0.25, -0.2) is 4.98 Å². The minimum atomic E-state index is -0.102. The number of para-hydroxylation sites is 1. The number of anilines is 1. The Bertz CT molecular complexity index is 619. The molecule has 21 heavy (non-hydrogen) atoms. The van der Waals surface area contributed by atoms with E-state index in [1.54, 1.807) is 7.11 Å². The van der Waals surface area contributed by atoms with E-state index in [0.29, 0.717) is 5.92 Å². The van der Waals surface area contributed by atoms with Crippen LogP contribution in [0.3, 0.4) is 0 Å². The summed E-state index contributed by atoms with van der Waals surface area (Å²) >= 11 is 1.46. The van der Waals surface area contributed by atoms with Gasteiger partial charge in [-0.2, -0.15) is 4.37 Å². The van der Waals surface area contributed by atoms with Crippen LogP contribution in [0.4, 0.5) is 5.13 Å². The van der Waals surface area contributed by atoms with Gasteiger partial charge in [0, 0.05) is 23.0 Å².